The van der Waals surface area contributed by atoms with E-state index in [9.17, 15) is 0 Å². The summed E-state index contributed by atoms with van der Waals surface area (Å²) in [7, 11) is 0. The number of nitrogens with zero attached hydrogens (tertiary/aromatic N) is 1. The molecule has 2 aromatic rings. The van der Waals surface area contributed by atoms with Gasteiger partial charge < -0.3 is 9.67 Å². The van der Waals surface area contributed by atoms with Crippen LogP contribution in [0.4, 0.5) is 0 Å². The van der Waals surface area contributed by atoms with Crippen LogP contribution < -0.4 is 0 Å². The van der Waals surface area contributed by atoms with Gasteiger partial charge in [-0.3, -0.25) is 0 Å². The van der Waals surface area contributed by atoms with Crippen molar-refractivity contribution in [1.29, 1.82) is 0 Å². The fourth-order valence-electron chi connectivity index (χ4n) is 2.20. The molecule has 92 valence electrons. The van der Waals surface area contributed by atoms with Crippen molar-refractivity contribution >= 4 is 26.8 Å². The zero-order valence-electron chi connectivity index (χ0n) is 10.1. The molecule has 0 aliphatic heterocycles. The number of halogens is 1. The Bertz CT molecular complexity index is 504. The van der Waals surface area contributed by atoms with E-state index >= 15 is 0 Å². The molecule has 0 saturated heterocycles. The number of fused-ring (bicyclic) bond motifs is 1. The van der Waals surface area contributed by atoms with E-state index in [4.69, 9.17) is 5.11 Å². The lowest BCUT2D eigenvalue weighted by atomic mass is 10.1. The zero-order chi connectivity index (χ0) is 12.3. The summed E-state index contributed by atoms with van der Waals surface area (Å²) in [6.07, 6.45) is 5.72. The summed E-state index contributed by atoms with van der Waals surface area (Å²) in [5.41, 5.74) is 2.60. The van der Waals surface area contributed by atoms with Gasteiger partial charge in [-0.15, -0.1) is 0 Å². The van der Waals surface area contributed by atoms with Crippen molar-refractivity contribution < 1.29 is 5.11 Å². The monoisotopic (exact) mass is 295 g/mol. The van der Waals surface area contributed by atoms with Crippen LogP contribution in [0.2, 0.25) is 0 Å². The van der Waals surface area contributed by atoms with Gasteiger partial charge in [-0.1, -0.05) is 29.3 Å². The molecule has 17 heavy (non-hydrogen) atoms. The van der Waals surface area contributed by atoms with Gasteiger partial charge in [0.15, 0.2) is 0 Å². The minimum Gasteiger partial charge on any atom is -0.395 e. The average molecular weight is 296 g/mol. The van der Waals surface area contributed by atoms with Crippen LogP contribution in [-0.4, -0.2) is 16.3 Å². The Morgan fingerprint density at radius 1 is 1.35 bits per heavy atom. The van der Waals surface area contributed by atoms with Gasteiger partial charge in [0, 0.05) is 28.1 Å². The number of aliphatic hydroxyl groups is 1. The molecule has 0 amide bonds. The number of hydrogen-bond donors (Lipinski definition) is 1. The topological polar surface area (TPSA) is 25.2 Å². The van der Waals surface area contributed by atoms with Gasteiger partial charge in [0.05, 0.1) is 6.61 Å². The molecule has 0 atom stereocenters. The second kappa shape index (κ2) is 5.69. The summed E-state index contributed by atoms with van der Waals surface area (Å²) in [5.74, 6) is 0. The number of aromatic nitrogens is 1. The van der Waals surface area contributed by atoms with Gasteiger partial charge >= 0.3 is 0 Å². The third-order valence-corrected chi connectivity index (χ3v) is 3.56. The predicted molar refractivity (Wildman–Crippen MR) is 75.3 cm³/mol. The predicted octanol–water partition coefficient (Wildman–Crippen LogP) is 3.74. The van der Waals surface area contributed by atoms with Crippen molar-refractivity contribution in [2.45, 2.75) is 32.7 Å². The van der Waals surface area contributed by atoms with Crippen LogP contribution in [0.1, 0.15) is 25.3 Å². The fourth-order valence-corrected chi connectivity index (χ4v) is 2.56. The highest BCUT2D eigenvalue weighted by Crippen LogP contribution is 2.26. The second-order valence-corrected chi connectivity index (χ2v) is 5.25. The van der Waals surface area contributed by atoms with E-state index in [1.165, 1.54) is 29.3 Å². The standard InChI is InChI=1S/C14H18BrNO/c1-2-3-4-11-10-16(7-8-17)14-6-5-12(15)9-13(11)14/h5-6,9-10,17H,2-4,7-8H2,1H3. The van der Waals surface area contributed by atoms with Crippen molar-refractivity contribution in [3.8, 4) is 0 Å². The SMILES string of the molecule is CCCCc1cn(CCO)c2ccc(Br)cc12. The van der Waals surface area contributed by atoms with Gasteiger partial charge in [0.25, 0.3) is 0 Å². The quantitative estimate of drug-likeness (QED) is 0.893. The van der Waals surface area contributed by atoms with Gasteiger partial charge in [-0.05, 0) is 36.6 Å². The fraction of sp³-hybridized carbons (Fsp3) is 0.429. The third-order valence-electron chi connectivity index (χ3n) is 3.07. The Hall–Kier alpha value is -0.800. The average Bonchev–Trinajstić information content (AvgIpc) is 2.65. The van der Waals surface area contributed by atoms with E-state index in [2.05, 4.69) is 51.8 Å². The summed E-state index contributed by atoms with van der Waals surface area (Å²) in [6, 6.07) is 6.35. The van der Waals surface area contributed by atoms with Crippen molar-refractivity contribution in [3.63, 3.8) is 0 Å². The van der Waals surface area contributed by atoms with Crippen LogP contribution >= 0.6 is 15.9 Å². The maximum Gasteiger partial charge on any atom is 0.0610 e. The van der Waals surface area contributed by atoms with E-state index < -0.39 is 0 Å². The van der Waals surface area contributed by atoms with E-state index in [0.29, 0.717) is 6.54 Å². The van der Waals surface area contributed by atoms with Gasteiger partial charge in [0.2, 0.25) is 0 Å². The Labute approximate surface area is 110 Å². The molecule has 0 saturated carbocycles. The van der Waals surface area contributed by atoms with Crippen molar-refractivity contribution in [1.82, 2.24) is 4.57 Å². The molecule has 0 fully saturated rings. The number of aliphatic hydroxyl groups excluding tert-OH is 1. The minimum atomic E-state index is 0.188. The number of benzene rings is 1. The highest BCUT2D eigenvalue weighted by Gasteiger charge is 2.08. The van der Waals surface area contributed by atoms with Gasteiger partial charge in [0.1, 0.15) is 0 Å². The van der Waals surface area contributed by atoms with E-state index in [0.717, 1.165) is 10.9 Å². The molecule has 0 unspecified atom stereocenters. The Balaban J connectivity index is 2.46. The van der Waals surface area contributed by atoms with Crippen LogP contribution in [0, 0.1) is 0 Å². The van der Waals surface area contributed by atoms with Crippen molar-refractivity contribution in [3.05, 3.63) is 34.4 Å². The van der Waals surface area contributed by atoms with E-state index in [1.807, 2.05) is 0 Å². The molecule has 0 aliphatic carbocycles. The van der Waals surface area contributed by atoms with E-state index in [1.54, 1.807) is 0 Å². The summed E-state index contributed by atoms with van der Waals surface area (Å²) in [6.45, 7) is 3.07. The highest BCUT2D eigenvalue weighted by atomic mass is 79.9. The van der Waals surface area contributed by atoms with Crippen LogP contribution in [0.25, 0.3) is 10.9 Å². The number of hydrogen-bond acceptors (Lipinski definition) is 1. The molecule has 1 heterocycles. The molecule has 3 heteroatoms. The second-order valence-electron chi connectivity index (χ2n) is 4.34. The first kappa shape index (κ1) is 12.7. The van der Waals surface area contributed by atoms with Gasteiger partial charge in [-0.25, -0.2) is 0 Å². The molecule has 2 nitrogen and oxygen atoms in total. The lowest BCUT2D eigenvalue weighted by molar-refractivity contribution is 0.278. The van der Waals surface area contributed by atoms with Crippen LogP contribution in [0.3, 0.4) is 0 Å². The van der Waals surface area contributed by atoms with Crippen molar-refractivity contribution in [2.75, 3.05) is 6.61 Å². The largest absolute Gasteiger partial charge is 0.395 e. The van der Waals surface area contributed by atoms with Crippen LogP contribution in [-0.2, 0) is 13.0 Å². The highest BCUT2D eigenvalue weighted by molar-refractivity contribution is 9.10. The lowest BCUT2D eigenvalue weighted by Crippen LogP contribution is -1.99. The molecule has 1 N–H and O–H groups in total. The van der Waals surface area contributed by atoms with E-state index in [-0.39, 0.29) is 6.61 Å². The van der Waals surface area contributed by atoms with Crippen LogP contribution in [0.5, 0.6) is 0 Å². The molecular formula is C14H18BrNO. The molecule has 0 bridgehead atoms. The molecule has 0 radical (unpaired) electrons. The van der Waals surface area contributed by atoms with Crippen LogP contribution in [0.15, 0.2) is 28.9 Å². The first-order valence-corrected chi connectivity index (χ1v) is 6.93. The lowest BCUT2D eigenvalue weighted by Gasteiger charge is -2.01. The first-order valence-electron chi connectivity index (χ1n) is 6.14. The minimum absolute atomic E-state index is 0.188. The summed E-state index contributed by atoms with van der Waals surface area (Å²) < 4.78 is 3.26. The maximum absolute atomic E-state index is 9.09. The smallest absolute Gasteiger partial charge is 0.0610 e. The molecule has 1 aromatic carbocycles. The van der Waals surface area contributed by atoms with Gasteiger partial charge in [-0.2, -0.15) is 0 Å². The first-order chi connectivity index (χ1) is 8.26. The molecular weight excluding hydrogens is 278 g/mol. The summed E-state index contributed by atoms with van der Waals surface area (Å²) >= 11 is 3.52. The number of aryl methyl sites for hydroxylation is 1. The Kier molecular flexibility index (Phi) is 4.24. The summed E-state index contributed by atoms with van der Waals surface area (Å²) in [5, 5.41) is 10.4. The zero-order valence-corrected chi connectivity index (χ0v) is 11.7. The maximum atomic E-state index is 9.09. The molecule has 0 aliphatic rings. The third kappa shape index (κ3) is 2.72. The Morgan fingerprint density at radius 2 is 2.18 bits per heavy atom. The molecule has 0 spiro atoms. The molecule has 1 aromatic heterocycles. The number of rotatable bonds is 5. The summed E-state index contributed by atoms with van der Waals surface area (Å²) in [4.78, 5) is 0. The number of unbranched alkanes of at least 4 members (excludes halogenated alkanes) is 1. The van der Waals surface area contributed by atoms with Crippen molar-refractivity contribution in [2.24, 2.45) is 0 Å². The molecule has 2 rings (SSSR count). The Morgan fingerprint density at radius 3 is 2.88 bits per heavy atom. The normalized spacial score (nSPS) is 11.2.